The zero-order chi connectivity index (χ0) is 22.1. The van der Waals surface area contributed by atoms with Gasteiger partial charge in [-0.3, -0.25) is 14.4 Å². The number of rotatable bonds is 6. The molecule has 0 aliphatic heterocycles. The Morgan fingerprint density at radius 2 is 1.53 bits per heavy atom. The van der Waals surface area contributed by atoms with Crippen molar-refractivity contribution in [2.75, 3.05) is 0 Å². The van der Waals surface area contributed by atoms with Crippen molar-refractivity contribution in [3.05, 3.63) is 112 Å². The number of fused-ring (bicyclic) bond motifs is 2. The molecule has 0 spiro atoms. The molecule has 0 bridgehead atoms. The van der Waals surface area contributed by atoms with E-state index >= 15 is 0 Å². The Labute approximate surface area is 183 Å². The fraction of sp³-hybridized carbons (Fsp3) is 0.0800. The van der Waals surface area contributed by atoms with Crippen LogP contribution in [-0.2, 0) is 13.2 Å². The molecule has 7 heteroatoms. The van der Waals surface area contributed by atoms with Crippen LogP contribution in [0.5, 0.6) is 5.75 Å². The molecule has 156 valence electrons. The number of hydrogen-bond donors (Lipinski definition) is 0. The van der Waals surface area contributed by atoms with Crippen molar-refractivity contribution in [2.24, 2.45) is 0 Å². The summed E-state index contributed by atoms with van der Waals surface area (Å²) in [5.41, 5.74) is 3.58. The van der Waals surface area contributed by atoms with Gasteiger partial charge in [-0.05, 0) is 29.8 Å². The molecule has 0 fully saturated rings. The molecule has 0 saturated carbocycles. The van der Waals surface area contributed by atoms with E-state index in [-0.39, 0.29) is 18.2 Å². The molecule has 0 saturated heterocycles. The number of carbonyl (C=O) groups is 3. The molecule has 1 heterocycles. The lowest BCUT2D eigenvalue weighted by molar-refractivity contribution is 0.0979. The summed E-state index contributed by atoms with van der Waals surface area (Å²) in [5.74, 6) is 0.186. The molecule has 1 aromatic heterocycles. The quantitative estimate of drug-likeness (QED) is 0.388. The van der Waals surface area contributed by atoms with E-state index in [0.717, 1.165) is 11.8 Å². The highest BCUT2D eigenvalue weighted by atomic mass is 16.5. The van der Waals surface area contributed by atoms with Crippen LogP contribution in [0, 0.1) is 0 Å². The topological polar surface area (TPSA) is 91.2 Å². The molecule has 7 nitrogen and oxygen atoms in total. The number of ether oxygens (including phenoxy) is 1. The van der Waals surface area contributed by atoms with Crippen LogP contribution in [0.15, 0.2) is 72.9 Å². The highest BCUT2D eigenvalue weighted by molar-refractivity contribution is 6.28. The van der Waals surface area contributed by atoms with E-state index in [2.05, 4.69) is 10.3 Å². The molecule has 0 radical (unpaired) electrons. The number of ketones is 2. The fourth-order valence-electron chi connectivity index (χ4n) is 3.77. The van der Waals surface area contributed by atoms with Crippen LogP contribution in [0.2, 0.25) is 0 Å². The lowest BCUT2D eigenvalue weighted by atomic mass is 9.83. The maximum absolute atomic E-state index is 12.9. The molecule has 0 amide bonds. The smallest absolute Gasteiger partial charge is 0.194 e. The first-order chi connectivity index (χ1) is 15.6. The highest BCUT2D eigenvalue weighted by Gasteiger charge is 2.29. The first-order valence-corrected chi connectivity index (χ1v) is 10.0. The largest absolute Gasteiger partial charge is 0.486 e. The molecule has 1 aliphatic rings. The number of hydrogen-bond acceptors (Lipinski definition) is 6. The molecule has 32 heavy (non-hydrogen) atoms. The van der Waals surface area contributed by atoms with Crippen LogP contribution in [-0.4, -0.2) is 32.8 Å². The van der Waals surface area contributed by atoms with Gasteiger partial charge in [0.2, 0.25) is 0 Å². The van der Waals surface area contributed by atoms with Gasteiger partial charge in [-0.15, -0.1) is 5.10 Å². The predicted octanol–water partition coefficient (Wildman–Crippen LogP) is 3.49. The van der Waals surface area contributed by atoms with E-state index in [9.17, 15) is 14.4 Å². The van der Waals surface area contributed by atoms with Gasteiger partial charge in [0.1, 0.15) is 18.1 Å². The molecule has 0 atom stereocenters. The minimum absolute atomic E-state index is 0.141. The summed E-state index contributed by atoms with van der Waals surface area (Å²) in [4.78, 5) is 36.8. The maximum atomic E-state index is 12.9. The van der Waals surface area contributed by atoms with E-state index in [1.54, 1.807) is 71.5 Å². The van der Waals surface area contributed by atoms with Crippen molar-refractivity contribution in [1.82, 2.24) is 15.0 Å². The van der Waals surface area contributed by atoms with Gasteiger partial charge in [-0.25, -0.2) is 4.68 Å². The van der Waals surface area contributed by atoms with Crippen molar-refractivity contribution < 1.29 is 19.1 Å². The van der Waals surface area contributed by atoms with Crippen molar-refractivity contribution in [3.8, 4) is 5.75 Å². The monoisotopic (exact) mass is 423 g/mol. The van der Waals surface area contributed by atoms with Crippen molar-refractivity contribution in [1.29, 1.82) is 0 Å². The number of carbonyl (C=O) groups excluding carboxylic acids is 3. The van der Waals surface area contributed by atoms with E-state index in [4.69, 9.17) is 4.74 Å². The molecule has 4 aromatic rings. The third kappa shape index (κ3) is 3.50. The summed E-state index contributed by atoms with van der Waals surface area (Å²) in [7, 11) is 0. The number of benzene rings is 3. The Kier molecular flexibility index (Phi) is 4.91. The summed E-state index contributed by atoms with van der Waals surface area (Å²) < 4.78 is 7.32. The summed E-state index contributed by atoms with van der Waals surface area (Å²) in [6.07, 6.45) is 2.48. The maximum Gasteiger partial charge on any atom is 0.194 e. The molecule has 0 N–H and O–H groups in total. The Morgan fingerprint density at radius 3 is 2.31 bits per heavy atom. The van der Waals surface area contributed by atoms with Crippen molar-refractivity contribution in [3.63, 3.8) is 0 Å². The number of aldehydes is 1. The number of aromatic nitrogens is 3. The van der Waals surface area contributed by atoms with Gasteiger partial charge in [0.15, 0.2) is 17.9 Å². The standard InChI is InChI=1S/C25H17N3O4/c29-14-17-5-1-4-8-23(17)32-15-18-13-28(27-26-18)12-16-9-10-21-22(11-16)25(31)20-7-3-2-6-19(20)24(21)30/h1-11,13-14H,12,15H2. The minimum Gasteiger partial charge on any atom is -0.486 e. The van der Waals surface area contributed by atoms with Crippen molar-refractivity contribution >= 4 is 17.9 Å². The van der Waals surface area contributed by atoms with Crippen LogP contribution in [0.1, 0.15) is 53.5 Å². The van der Waals surface area contributed by atoms with Gasteiger partial charge in [-0.1, -0.05) is 47.7 Å². The summed E-state index contributed by atoms with van der Waals surface area (Å²) >= 11 is 0. The summed E-state index contributed by atoms with van der Waals surface area (Å²) in [6.45, 7) is 0.549. The second-order valence-corrected chi connectivity index (χ2v) is 7.44. The Bertz CT molecular complexity index is 1370. The molecule has 0 unspecified atom stereocenters. The zero-order valence-electron chi connectivity index (χ0n) is 16.9. The van der Waals surface area contributed by atoms with Crippen LogP contribution in [0.4, 0.5) is 0 Å². The molecule has 3 aromatic carbocycles. The van der Waals surface area contributed by atoms with E-state index in [1.165, 1.54) is 0 Å². The molecule has 5 rings (SSSR count). The molecular formula is C25H17N3O4. The van der Waals surface area contributed by atoms with E-state index in [1.807, 2.05) is 6.07 Å². The van der Waals surface area contributed by atoms with Crippen LogP contribution >= 0.6 is 0 Å². The van der Waals surface area contributed by atoms with Gasteiger partial charge in [0, 0.05) is 22.3 Å². The van der Waals surface area contributed by atoms with Gasteiger partial charge in [-0.2, -0.15) is 0 Å². The van der Waals surface area contributed by atoms with Crippen LogP contribution < -0.4 is 4.74 Å². The fourth-order valence-corrected chi connectivity index (χ4v) is 3.77. The third-order valence-electron chi connectivity index (χ3n) is 5.34. The third-order valence-corrected chi connectivity index (χ3v) is 5.34. The highest BCUT2D eigenvalue weighted by Crippen LogP contribution is 2.28. The lowest BCUT2D eigenvalue weighted by Gasteiger charge is -2.18. The first kappa shape index (κ1) is 19.6. The Morgan fingerprint density at radius 1 is 0.844 bits per heavy atom. The lowest BCUT2D eigenvalue weighted by Crippen LogP contribution is -2.21. The van der Waals surface area contributed by atoms with Gasteiger partial charge < -0.3 is 4.74 Å². The SMILES string of the molecule is O=Cc1ccccc1OCc1cn(Cc2ccc3c(c2)C(=O)c2ccccc2C3=O)nn1. The number of nitrogens with zero attached hydrogens (tertiary/aromatic N) is 3. The average Bonchev–Trinajstić information content (AvgIpc) is 3.28. The van der Waals surface area contributed by atoms with Gasteiger partial charge in [0.05, 0.1) is 18.3 Å². The zero-order valence-corrected chi connectivity index (χ0v) is 16.9. The normalized spacial score (nSPS) is 12.2. The van der Waals surface area contributed by atoms with Gasteiger partial charge >= 0.3 is 0 Å². The second-order valence-electron chi connectivity index (χ2n) is 7.44. The summed E-state index contributed by atoms with van der Waals surface area (Å²) in [6, 6.07) is 19.1. The van der Waals surface area contributed by atoms with E-state index in [0.29, 0.717) is 45.8 Å². The first-order valence-electron chi connectivity index (χ1n) is 10.0. The Hall–Kier alpha value is -4.39. The predicted molar refractivity (Wildman–Crippen MR) is 115 cm³/mol. The molecule has 1 aliphatic carbocycles. The summed E-state index contributed by atoms with van der Waals surface area (Å²) in [5, 5.41) is 8.22. The minimum atomic E-state index is -0.154. The number of para-hydroxylation sites is 1. The van der Waals surface area contributed by atoms with Gasteiger partial charge in [0.25, 0.3) is 0 Å². The average molecular weight is 423 g/mol. The van der Waals surface area contributed by atoms with E-state index < -0.39 is 0 Å². The van der Waals surface area contributed by atoms with Crippen LogP contribution in [0.3, 0.4) is 0 Å². The van der Waals surface area contributed by atoms with Crippen molar-refractivity contribution in [2.45, 2.75) is 13.2 Å². The second kappa shape index (κ2) is 8.03. The Balaban J connectivity index is 1.33. The van der Waals surface area contributed by atoms with Crippen LogP contribution in [0.25, 0.3) is 0 Å². The molecular weight excluding hydrogens is 406 g/mol.